The quantitative estimate of drug-likeness (QED) is 0.735. The number of hydrogen-bond donors (Lipinski definition) is 2. The second-order valence-corrected chi connectivity index (χ2v) is 5.57. The van der Waals surface area contributed by atoms with Gasteiger partial charge in [0.2, 0.25) is 0 Å². The van der Waals surface area contributed by atoms with Crippen LogP contribution in [0.4, 0.5) is 0 Å². The molecular weight excluding hydrogens is 278 g/mol. The van der Waals surface area contributed by atoms with Gasteiger partial charge in [0.15, 0.2) is 0 Å². The second kappa shape index (κ2) is 9.19. The lowest BCUT2D eigenvalue weighted by Gasteiger charge is -2.23. The number of aliphatic hydroxyl groups excluding tert-OH is 1. The Kier molecular flexibility index (Phi) is 7.92. The fourth-order valence-electron chi connectivity index (χ4n) is 1.74. The van der Waals surface area contributed by atoms with Crippen LogP contribution in [0.2, 0.25) is 5.02 Å². The Morgan fingerprint density at radius 2 is 1.85 bits per heavy atom. The Balaban J connectivity index is 2.28. The summed E-state index contributed by atoms with van der Waals surface area (Å²) >= 11 is 5.79. The van der Waals surface area contributed by atoms with E-state index in [4.69, 9.17) is 21.1 Å². The molecule has 20 heavy (non-hydrogen) atoms. The van der Waals surface area contributed by atoms with Gasteiger partial charge in [-0.25, -0.2) is 0 Å². The van der Waals surface area contributed by atoms with Crippen molar-refractivity contribution < 1.29 is 14.6 Å². The van der Waals surface area contributed by atoms with Crippen LogP contribution in [0.3, 0.4) is 0 Å². The van der Waals surface area contributed by atoms with Gasteiger partial charge in [0.25, 0.3) is 0 Å². The predicted octanol–water partition coefficient (Wildman–Crippen LogP) is 2.34. The molecular formula is C15H24ClNO3. The number of methoxy groups -OCH3 is 1. The highest BCUT2D eigenvalue weighted by Crippen LogP contribution is 2.15. The zero-order chi connectivity index (χ0) is 15.0. The zero-order valence-electron chi connectivity index (χ0n) is 12.3. The minimum Gasteiger partial charge on any atom is -0.491 e. The van der Waals surface area contributed by atoms with E-state index in [0.29, 0.717) is 29.8 Å². The van der Waals surface area contributed by atoms with Gasteiger partial charge in [0.1, 0.15) is 18.5 Å². The molecule has 4 nitrogen and oxygen atoms in total. The van der Waals surface area contributed by atoms with Crippen LogP contribution in [0.1, 0.15) is 13.8 Å². The highest BCUT2D eigenvalue weighted by Gasteiger charge is 2.14. The van der Waals surface area contributed by atoms with E-state index in [-0.39, 0.29) is 12.6 Å². The summed E-state index contributed by atoms with van der Waals surface area (Å²) in [6.45, 7) is 5.58. The van der Waals surface area contributed by atoms with E-state index >= 15 is 0 Å². The average Bonchev–Trinajstić information content (AvgIpc) is 2.42. The molecule has 2 atom stereocenters. The third-order valence-electron chi connectivity index (χ3n) is 3.02. The summed E-state index contributed by atoms with van der Waals surface area (Å²) in [6, 6.07) is 7.31. The van der Waals surface area contributed by atoms with Gasteiger partial charge in [0.05, 0.1) is 6.61 Å². The van der Waals surface area contributed by atoms with E-state index in [2.05, 4.69) is 19.2 Å². The minimum atomic E-state index is -0.566. The first-order valence-electron chi connectivity index (χ1n) is 6.81. The van der Waals surface area contributed by atoms with E-state index in [9.17, 15) is 5.11 Å². The Morgan fingerprint density at radius 3 is 2.40 bits per heavy atom. The van der Waals surface area contributed by atoms with Crippen molar-refractivity contribution in [1.29, 1.82) is 0 Å². The Labute approximate surface area is 126 Å². The molecule has 5 heteroatoms. The van der Waals surface area contributed by atoms with E-state index in [1.165, 1.54) is 0 Å². The maximum Gasteiger partial charge on any atom is 0.119 e. The van der Waals surface area contributed by atoms with E-state index < -0.39 is 6.10 Å². The van der Waals surface area contributed by atoms with Gasteiger partial charge < -0.3 is 19.9 Å². The summed E-state index contributed by atoms with van der Waals surface area (Å²) in [6.07, 6.45) is -0.566. The van der Waals surface area contributed by atoms with Gasteiger partial charge in [-0.05, 0) is 30.2 Å². The summed E-state index contributed by atoms with van der Waals surface area (Å²) in [5.74, 6) is 1.14. The Hall–Kier alpha value is -0.810. The third kappa shape index (κ3) is 6.57. The molecule has 0 radical (unpaired) electrons. The topological polar surface area (TPSA) is 50.7 Å². The third-order valence-corrected chi connectivity index (χ3v) is 3.27. The number of rotatable bonds is 9. The number of benzene rings is 1. The van der Waals surface area contributed by atoms with Crippen LogP contribution < -0.4 is 10.1 Å². The maximum atomic E-state index is 9.91. The molecule has 0 saturated carbocycles. The molecule has 2 unspecified atom stereocenters. The summed E-state index contributed by atoms with van der Waals surface area (Å²) in [4.78, 5) is 0. The standard InChI is InChI=1S/C15H24ClNO3/c1-11(2)15(10-19-3)17-8-13(18)9-20-14-6-4-12(16)5-7-14/h4-7,11,13,15,17-18H,8-10H2,1-3H3. The summed E-state index contributed by atoms with van der Waals surface area (Å²) in [5.41, 5.74) is 0. The molecule has 0 aliphatic carbocycles. The first kappa shape index (κ1) is 17.2. The van der Waals surface area contributed by atoms with E-state index in [1.807, 2.05) is 0 Å². The fraction of sp³-hybridized carbons (Fsp3) is 0.600. The monoisotopic (exact) mass is 301 g/mol. The molecule has 0 aliphatic rings. The minimum absolute atomic E-state index is 0.227. The maximum absolute atomic E-state index is 9.91. The summed E-state index contributed by atoms with van der Waals surface area (Å²) in [7, 11) is 1.68. The van der Waals surface area contributed by atoms with Gasteiger partial charge in [-0.15, -0.1) is 0 Å². The molecule has 114 valence electrons. The van der Waals surface area contributed by atoms with Crippen LogP contribution in [0, 0.1) is 5.92 Å². The number of ether oxygens (including phenoxy) is 2. The molecule has 2 N–H and O–H groups in total. The van der Waals surface area contributed by atoms with Crippen molar-refractivity contribution in [2.24, 2.45) is 5.92 Å². The molecule has 1 aromatic rings. The summed E-state index contributed by atoms with van der Waals surface area (Å²) < 4.78 is 10.6. The lowest BCUT2D eigenvalue weighted by Crippen LogP contribution is -2.43. The number of halogens is 1. The zero-order valence-corrected chi connectivity index (χ0v) is 13.1. The largest absolute Gasteiger partial charge is 0.491 e. The molecule has 0 bridgehead atoms. The molecule has 1 rings (SSSR count). The van der Waals surface area contributed by atoms with Crippen molar-refractivity contribution in [1.82, 2.24) is 5.32 Å². The van der Waals surface area contributed by atoms with Crippen LogP contribution in [0.25, 0.3) is 0 Å². The first-order chi connectivity index (χ1) is 9.52. The molecule has 0 heterocycles. The van der Waals surface area contributed by atoms with Gasteiger partial charge >= 0.3 is 0 Å². The fourth-order valence-corrected chi connectivity index (χ4v) is 1.86. The smallest absolute Gasteiger partial charge is 0.119 e. The van der Waals surface area contributed by atoms with E-state index in [0.717, 1.165) is 0 Å². The SMILES string of the molecule is COCC(NCC(O)COc1ccc(Cl)cc1)C(C)C. The predicted molar refractivity (Wildman–Crippen MR) is 81.5 cm³/mol. The number of hydrogen-bond acceptors (Lipinski definition) is 4. The molecule has 0 aliphatic heterocycles. The van der Waals surface area contributed by atoms with Crippen molar-refractivity contribution in [2.75, 3.05) is 26.9 Å². The normalized spacial score (nSPS) is 14.3. The lowest BCUT2D eigenvalue weighted by atomic mass is 10.1. The molecule has 1 aromatic carbocycles. The first-order valence-corrected chi connectivity index (χ1v) is 7.19. The Bertz CT molecular complexity index is 370. The molecule has 0 saturated heterocycles. The highest BCUT2D eigenvalue weighted by molar-refractivity contribution is 6.30. The van der Waals surface area contributed by atoms with Crippen LogP contribution in [-0.4, -0.2) is 44.1 Å². The number of aliphatic hydroxyl groups is 1. The highest BCUT2D eigenvalue weighted by atomic mass is 35.5. The van der Waals surface area contributed by atoms with Crippen LogP contribution in [-0.2, 0) is 4.74 Å². The van der Waals surface area contributed by atoms with Crippen LogP contribution >= 0.6 is 11.6 Å². The van der Waals surface area contributed by atoms with Crippen molar-refractivity contribution >= 4 is 11.6 Å². The average molecular weight is 302 g/mol. The number of nitrogens with one attached hydrogen (secondary N) is 1. The van der Waals surface area contributed by atoms with Crippen molar-refractivity contribution in [2.45, 2.75) is 26.0 Å². The lowest BCUT2D eigenvalue weighted by molar-refractivity contribution is 0.0901. The molecule has 0 aromatic heterocycles. The van der Waals surface area contributed by atoms with Gasteiger partial charge in [-0.1, -0.05) is 25.4 Å². The van der Waals surface area contributed by atoms with Crippen LogP contribution in [0.5, 0.6) is 5.75 Å². The van der Waals surface area contributed by atoms with Crippen LogP contribution in [0.15, 0.2) is 24.3 Å². The Morgan fingerprint density at radius 1 is 1.20 bits per heavy atom. The summed E-state index contributed by atoms with van der Waals surface area (Å²) in [5, 5.41) is 13.9. The van der Waals surface area contributed by atoms with Gasteiger partial charge in [-0.3, -0.25) is 0 Å². The molecule has 0 spiro atoms. The van der Waals surface area contributed by atoms with Crippen molar-refractivity contribution in [3.63, 3.8) is 0 Å². The second-order valence-electron chi connectivity index (χ2n) is 5.13. The van der Waals surface area contributed by atoms with Crippen molar-refractivity contribution in [3.05, 3.63) is 29.3 Å². The van der Waals surface area contributed by atoms with Gasteiger partial charge in [0, 0.05) is 24.7 Å². The molecule has 0 amide bonds. The van der Waals surface area contributed by atoms with Gasteiger partial charge in [-0.2, -0.15) is 0 Å². The van der Waals surface area contributed by atoms with E-state index in [1.54, 1.807) is 31.4 Å². The molecule has 0 fully saturated rings. The van der Waals surface area contributed by atoms with Crippen molar-refractivity contribution in [3.8, 4) is 5.75 Å².